The van der Waals surface area contributed by atoms with E-state index in [0.29, 0.717) is 19.8 Å². The number of halogens is 3. The smallest absolute Gasteiger partial charge is 0.475 e. The molecule has 1 saturated carbocycles. The van der Waals surface area contributed by atoms with Gasteiger partial charge in [-0.3, -0.25) is 4.98 Å². The maximum absolute atomic E-state index is 12.5. The molecule has 0 aromatic carbocycles. The monoisotopic (exact) mass is 455 g/mol. The van der Waals surface area contributed by atoms with Gasteiger partial charge in [0.05, 0.1) is 25.4 Å². The van der Waals surface area contributed by atoms with E-state index >= 15 is 0 Å². The number of ether oxygens (including phenoxy) is 2. The number of fused-ring (bicyclic) bond motifs is 1. The van der Waals surface area contributed by atoms with Gasteiger partial charge in [-0.2, -0.15) is 30.2 Å². The van der Waals surface area contributed by atoms with Crippen LogP contribution in [0, 0.1) is 0 Å². The second-order valence-electron chi connectivity index (χ2n) is 6.89. The maximum Gasteiger partial charge on any atom is 0.490 e. The van der Waals surface area contributed by atoms with Gasteiger partial charge in [0.25, 0.3) is 10.2 Å². The van der Waals surface area contributed by atoms with Crippen LogP contribution in [-0.4, -0.2) is 84.8 Å². The van der Waals surface area contributed by atoms with Crippen LogP contribution in [0.1, 0.15) is 18.4 Å². The molecule has 2 fully saturated rings. The predicted molar refractivity (Wildman–Crippen MR) is 98.6 cm³/mol. The zero-order valence-electron chi connectivity index (χ0n) is 16.4. The molecule has 3 rings (SSSR count). The van der Waals surface area contributed by atoms with Crippen molar-refractivity contribution >= 4 is 16.2 Å². The molecule has 30 heavy (non-hydrogen) atoms. The standard InChI is InChI=1S/C15H23N3O4S.C2HF3O2/c1-17(2)23(19,20)18-8-9-21-15-13(18)5-6-14(15)22-11-12-4-3-7-16-10-12;3-2(4,5)1(6)7/h3-4,7,10,13-15H,5-6,8-9,11H2,1-2H3;(H,6,7)/t13-,14-,15+;/m0./s1. The first-order valence-electron chi connectivity index (χ1n) is 9.06. The van der Waals surface area contributed by atoms with Gasteiger partial charge < -0.3 is 14.6 Å². The summed E-state index contributed by atoms with van der Waals surface area (Å²) in [5.74, 6) is -2.76. The second kappa shape index (κ2) is 10.0. The normalized spacial score (nSPS) is 24.8. The van der Waals surface area contributed by atoms with Crippen LogP contribution in [0.3, 0.4) is 0 Å². The lowest BCUT2D eigenvalue weighted by molar-refractivity contribution is -0.192. The Hall–Kier alpha value is -1.80. The summed E-state index contributed by atoms with van der Waals surface area (Å²) in [6.45, 7) is 1.27. The molecular weight excluding hydrogens is 431 g/mol. The first-order chi connectivity index (χ1) is 13.9. The molecule has 2 aliphatic rings. The van der Waals surface area contributed by atoms with Crippen LogP contribution in [0.15, 0.2) is 24.5 Å². The fourth-order valence-electron chi connectivity index (χ4n) is 3.24. The van der Waals surface area contributed by atoms with Gasteiger partial charge in [0, 0.05) is 33.0 Å². The van der Waals surface area contributed by atoms with E-state index in [1.807, 2.05) is 12.1 Å². The van der Waals surface area contributed by atoms with Crippen LogP contribution >= 0.6 is 0 Å². The Morgan fingerprint density at radius 1 is 1.40 bits per heavy atom. The fraction of sp³-hybridized carbons (Fsp3) is 0.647. The number of carboxylic acids is 1. The number of rotatable bonds is 5. The number of hydrogen-bond donors (Lipinski definition) is 1. The van der Waals surface area contributed by atoms with E-state index < -0.39 is 22.4 Å². The lowest BCUT2D eigenvalue weighted by Crippen LogP contribution is -2.56. The Morgan fingerprint density at radius 3 is 2.60 bits per heavy atom. The number of morpholine rings is 1. The number of carbonyl (C=O) groups is 1. The molecule has 13 heteroatoms. The minimum Gasteiger partial charge on any atom is -0.475 e. The summed E-state index contributed by atoms with van der Waals surface area (Å²) in [6, 6.07) is 3.69. The average molecular weight is 455 g/mol. The third-order valence-corrected chi connectivity index (χ3v) is 6.64. The summed E-state index contributed by atoms with van der Waals surface area (Å²) in [5, 5.41) is 7.12. The first-order valence-corrected chi connectivity index (χ1v) is 10.5. The Labute approximate surface area is 172 Å². The Morgan fingerprint density at radius 2 is 2.07 bits per heavy atom. The fourth-order valence-corrected chi connectivity index (χ4v) is 4.54. The summed E-state index contributed by atoms with van der Waals surface area (Å²) in [7, 11) is -0.302. The molecule has 1 aromatic rings. The topological polar surface area (TPSA) is 109 Å². The van der Waals surface area contributed by atoms with E-state index in [2.05, 4.69) is 4.98 Å². The molecule has 0 unspecified atom stereocenters. The van der Waals surface area contributed by atoms with E-state index in [-0.39, 0.29) is 18.2 Å². The van der Waals surface area contributed by atoms with Crippen molar-refractivity contribution in [2.45, 2.75) is 43.9 Å². The Balaban J connectivity index is 0.000000396. The lowest BCUT2D eigenvalue weighted by atomic mass is 10.1. The van der Waals surface area contributed by atoms with Crippen LogP contribution in [0.2, 0.25) is 0 Å². The van der Waals surface area contributed by atoms with E-state index in [1.165, 1.54) is 4.31 Å². The highest BCUT2D eigenvalue weighted by Gasteiger charge is 2.47. The maximum atomic E-state index is 12.5. The van der Waals surface area contributed by atoms with Crippen LogP contribution in [0.4, 0.5) is 13.2 Å². The number of hydrogen-bond acceptors (Lipinski definition) is 6. The first kappa shape index (κ1) is 24.5. The van der Waals surface area contributed by atoms with E-state index in [4.69, 9.17) is 19.4 Å². The molecular formula is C17H24F3N3O6S. The SMILES string of the molecule is CN(C)S(=O)(=O)N1CCO[C@H]2[C@@H](OCc3cccnc3)CC[C@@H]21.O=C(O)C(F)(F)F. The summed E-state index contributed by atoms with van der Waals surface area (Å²) < 4.78 is 71.3. The molecule has 1 aromatic heterocycles. The molecule has 0 bridgehead atoms. The summed E-state index contributed by atoms with van der Waals surface area (Å²) in [4.78, 5) is 13.0. The molecule has 1 saturated heterocycles. The molecule has 1 N–H and O–H groups in total. The molecule has 0 amide bonds. The van der Waals surface area contributed by atoms with Gasteiger partial charge in [-0.15, -0.1) is 0 Å². The third-order valence-electron chi connectivity index (χ3n) is 4.67. The van der Waals surface area contributed by atoms with Crippen LogP contribution in [0.25, 0.3) is 0 Å². The molecule has 1 aliphatic heterocycles. The van der Waals surface area contributed by atoms with E-state index in [0.717, 1.165) is 18.4 Å². The van der Waals surface area contributed by atoms with Crippen molar-refractivity contribution in [3.05, 3.63) is 30.1 Å². The van der Waals surface area contributed by atoms with Crippen molar-refractivity contribution in [2.24, 2.45) is 0 Å². The van der Waals surface area contributed by atoms with Gasteiger partial charge in [-0.1, -0.05) is 6.07 Å². The van der Waals surface area contributed by atoms with Crippen molar-refractivity contribution in [3.8, 4) is 0 Å². The summed E-state index contributed by atoms with van der Waals surface area (Å²) in [5.41, 5.74) is 1.00. The van der Waals surface area contributed by atoms with Crippen LogP contribution in [0.5, 0.6) is 0 Å². The highest BCUT2D eigenvalue weighted by molar-refractivity contribution is 7.86. The van der Waals surface area contributed by atoms with Gasteiger partial charge in [-0.25, -0.2) is 4.79 Å². The number of nitrogens with zero attached hydrogens (tertiary/aromatic N) is 3. The number of pyridine rings is 1. The second-order valence-corrected chi connectivity index (χ2v) is 8.99. The molecule has 1 aliphatic carbocycles. The van der Waals surface area contributed by atoms with Crippen molar-refractivity contribution in [3.63, 3.8) is 0 Å². The van der Waals surface area contributed by atoms with Crippen LogP contribution < -0.4 is 0 Å². The minimum atomic E-state index is -5.08. The quantitative estimate of drug-likeness (QED) is 0.712. The van der Waals surface area contributed by atoms with Crippen molar-refractivity contribution in [1.29, 1.82) is 0 Å². The van der Waals surface area contributed by atoms with Gasteiger partial charge in [-0.05, 0) is 24.5 Å². The molecule has 2 heterocycles. The van der Waals surface area contributed by atoms with Gasteiger partial charge in [0.2, 0.25) is 0 Å². The zero-order valence-corrected chi connectivity index (χ0v) is 17.3. The largest absolute Gasteiger partial charge is 0.490 e. The van der Waals surface area contributed by atoms with Gasteiger partial charge >= 0.3 is 12.1 Å². The lowest BCUT2D eigenvalue weighted by Gasteiger charge is -2.39. The summed E-state index contributed by atoms with van der Waals surface area (Å²) >= 11 is 0. The number of aliphatic carboxylic acids is 1. The molecule has 0 radical (unpaired) electrons. The van der Waals surface area contributed by atoms with E-state index in [9.17, 15) is 21.6 Å². The third kappa shape index (κ3) is 6.11. The Kier molecular flexibility index (Phi) is 8.16. The zero-order chi connectivity index (χ0) is 22.5. The average Bonchev–Trinajstić information content (AvgIpc) is 3.10. The van der Waals surface area contributed by atoms with Crippen molar-refractivity contribution in [1.82, 2.24) is 13.6 Å². The van der Waals surface area contributed by atoms with E-state index in [1.54, 1.807) is 30.8 Å². The Bertz CT molecular complexity index is 807. The van der Waals surface area contributed by atoms with Gasteiger partial charge in [0.1, 0.15) is 6.10 Å². The predicted octanol–water partition coefficient (Wildman–Crippen LogP) is 1.27. The number of carboxylic acid groups (broad SMARTS) is 1. The number of alkyl halides is 3. The minimum absolute atomic E-state index is 0.0830. The molecule has 3 atom stereocenters. The van der Waals surface area contributed by atoms with Crippen LogP contribution in [-0.2, 0) is 31.1 Å². The highest BCUT2D eigenvalue weighted by atomic mass is 32.2. The number of aromatic nitrogens is 1. The molecule has 170 valence electrons. The highest BCUT2D eigenvalue weighted by Crippen LogP contribution is 2.34. The molecule has 0 spiro atoms. The van der Waals surface area contributed by atoms with Gasteiger partial charge in [0.15, 0.2) is 0 Å². The van der Waals surface area contributed by atoms with Crippen molar-refractivity contribution in [2.75, 3.05) is 27.2 Å². The summed E-state index contributed by atoms with van der Waals surface area (Å²) in [6.07, 6.45) is -0.305. The molecule has 9 nitrogen and oxygen atoms in total. The van der Waals surface area contributed by atoms with Crippen molar-refractivity contribution < 1.29 is 41.0 Å².